The van der Waals surface area contributed by atoms with Gasteiger partial charge in [-0.3, -0.25) is 19.5 Å². The Morgan fingerprint density at radius 1 is 1.37 bits per heavy atom. The molecule has 2 unspecified atom stereocenters. The van der Waals surface area contributed by atoms with Crippen molar-refractivity contribution in [2.75, 3.05) is 40.1 Å². The van der Waals surface area contributed by atoms with Crippen LogP contribution in [-0.2, 0) is 34.7 Å². The Labute approximate surface area is 175 Å². The average Bonchev–Trinajstić information content (AvgIpc) is 3.46. The number of anilines is 1. The molecule has 0 radical (unpaired) electrons. The van der Waals surface area contributed by atoms with Crippen LogP contribution < -0.4 is 5.32 Å². The molecule has 2 atom stereocenters. The number of carbonyl (C=O) groups excluding carboxylic acids is 3. The number of ether oxygens (including phenoxy) is 1. The van der Waals surface area contributed by atoms with Gasteiger partial charge in [-0.2, -0.15) is 6.54 Å². The number of carbonyl (C=O) groups is 3. The topological polar surface area (TPSA) is 103 Å². The normalized spacial score (nSPS) is 15.0. The maximum Gasteiger partial charge on any atom is 0.323 e. The number of aldehydes is 2. The molecule has 1 aromatic heterocycles. The number of nitrogens with one attached hydrogen (secondary N) is 1. The summed E-state index contributed by atoms with van der Waals surface area (Å²) >= 11 is 0. The van der Waals surface area contributed by atoms with Gasteiger partial charge in [0.15, 0.2) is 6.29 Å². The number of rotatable bonds is 6. The van der Waals surface area contributed by atoms with E-state index < -0.39 is 0 Å². The maximum absolute atomic E-state index is 11.1. The van der Waals surface area contributed by atoms with E-state index in [4.69, 9.17) is 0 Å². The van der Waals surface area contributed by atoms with Crippen molar-refractivity contribution in [2.24, 2.45) is 5.92 Å². The van der Waals surface area contributed by atoms with Gasteiger partial charge >= 0.3 is 5.97 Å². The van der Waals surface area contributed by atoms with E-state index in [0.29, 0.717) is 5.69 Å². The summed E-state index contributed by atoms with van der Waals surface area (Å²) in [4.78, 5) is 36.4. The second-order valence-electron chi connectivity index (χ2n) is 6.08. The third-order valence-electron chi connectivity index (χ3n) is 3.38. The van der Waals surface area contributed by atoms with Crippen molar-refractivity contribution in [3.05, 3.63) is 29.3 Å². The summed E-state index contributed by atoms with van der Waals surface area (Å²) < 4.78 is 4.65. The first-order chi connectivity index (χ1) is 12.3. The molecule has 9 heteroatoms. The largest absolute Gasteiger partial charge is 0.656 e. The molecule has 1 saturated heterocycles. The molecule has 2 rings (SSSR count). The van der Waals surface area contributed by atoms with E-state index in [9.17, 15) is 14.4 Å². The van der Waals surface area contributed by atoms with Gasteiger partial charge in [0.05, 0.1) is 19.0 Å². The van der Waals surface area contributed by atoms with Crippen LogP contribution in [0.4, 0.5) is 5.69 Å². The number of hydrogen-bond donors (Lipinski definition) is 1. The molecule has 1 N–H and O–H groups in total. The van der Waals surface area contributed by atoms with E-state index in [1.807, 2.05) is 32.8 Å². The fourth-order valence-corrected chi connectivity index (χ4v) is 1.97. The van der Waals surface area contributed by atoms with Crippen molar-refractivity contribution in [2.45, 2.75) is 25.9 Å². The van der Waals surface area contributed by atoms with Crippen molar-refractivity contribution in [1.29, 1.82) is 0 Å². The van der Waals surface area contributed by atoms with E-state index in [1.165, 1.54) is 7.11 Å². The van der Waals surface area contributed by atoms with Crippen molar-refractivity contribution < 1.29 is 39.5 Å². The molecule has 1 aliphatic rings. The zero-order chi connectivity index (χ0) is 20.1. The van der Waals surface area contributed by atoms with E-state index >= 15 is 0 Å². The summed E-state index contributed by atoms with van der Waals surface area (Å²) in [5, 5.41) is 6.55. The molecule has 0 spiro atoms. The van der Waals surface area contributed by atoms with Crippen LogP contribution in [0, 0.1) is 5.92 Å². The SMILES string of the molecule is CNc1ccc(C=O)nc1.COC(=O)C(C(C)C)N(C)C.O=CC1C[N-]1.[Pd]. The Hall–Kier alpha value is -1.66. The minimum atomic E-state index is -0.162. The van der Waals surface area contributed by atoms with Gasteiger partial charge in [0.2, 0.25) is 0 Å². The van der Waals surface area contributed by atoms with Gasteiger partial charge in [0, 0.05) is 27.5 Å². The Kier molecular flexibility index (Phi) is 15.7. The predicted octanol–water partition coefficient (Wildman–Crippen LogP) is 1.62. The van der Waals surface area contributed by atoms with Crippen molar-refractivity contribution in [3.63, 3.8) is 0 Å². The summed E-state index contributed by atoms with van der Waals surface area (Å²) in [6.07, 6.45) is 3.20. The minimum Gasteiger partial charge on any atom is -0.656 e. The molecule has 1 aliphatic heterocycles. The third kappa shape index (κ3) is 12.4. The zero-order valence-corrected chi connectivity index (χ0v) is 18.2. The molecule has 0 bridgehead atoms. The van der Waals surface area contributed by atoms with Crippen LogP contribution in [0.2, 0.25) is 0 Å². The fourth-order valence-electron chi connectivity index (χ4n) is 1.97. The molecule has 27 heavy (non-hydrogen) atoms. The van der Waals surface area contributed by atoms with Gasteiger partial charge in [-0.05, 0) is 32.1 Å². The van der Waals surface area contributed by atoms with Gasteiger partial charge in [-0.25, -0.2) is 0 Å². The van der Waals surface area contributed by atoms with Gasteiger partial charge in [0.1, 0.15) is 18.0 Å². The minimum absolute atomic E-state index is 0. The molecule has 1 aromatic rings. The molecule has 0 aromatic carbocycles. The molecular formula is C18H29N4O4Pd-. The molecular weight excluding hydrogens is 443 g/mol. The monoisotopic (exact) mass is 471 g/mol. The molecule has 1 fully saturated rings. The Bertz CT molecular complexity index is 541. The molecule has 2 heterocycles. The summed E-state index contributed by atoms with van der Waals surface area (Å²) in [7, 11) is 6.97. The van der Waals surface area contributed by atoms with E-state index in [0.717, 1.165) is 24.8 Å². The number of methoxy groups -OCH3 is 1. The smallest absolute Gasteiger partial charge is 0.323 e. The van der Waals surface area contributed by atoms with Crippen LogP contribution in [0.5, 0.6) is 0 Å². The maximum atomic E-state index is 11.1. The summed E-state index contributed by atoms with van der Waals surface area (Å²) in [6.45, 7) is 4.77. The number of nitrogens with zero attached hydrogens (tertiary/aromatic N) is 3. The zero-order valence-electron chi connectivity index (χ0n) is 16.6. The molecule has 8 nitrogen and oxygen atoms in total. The number of hydrogen-bond acceptors (Lipinski definition) is 7. The van der Waals surface area contributed by atoms with Crippen LogP contribution >= 0.6 is 0 Å². The van der Waals surface area contributed by atoms with Crippen LogP contribution in [-0.4, -0.2) is 75.3 Å². The summed E-state index contributed by atoms with van der Waals surface area (Å²) in [6, 6.07) is 3.42. The quantitative estimate of drug-likeness (QED) is 0.291. The first-order valence-electron chi connectivity index (χ1n) is 8.25. The molecule has 0 aliphatic carbocycles. The van der Waals surface area contributed by atoms with Crippen LogP contribution in [0.15, 0.2) is 18.3 Å². The predicted molar refractivity (Wildman–Crippen MR) is 102 cm³/mol. The summed E-state index contributed by atoms with van der Waals surface area (Å²) in [5.74, 6) is 0.127. The second-order valence-corrected chi connectivity index (χ2v) is 6.08. The van der Waals surface area contributed by atoms with Gasteiger partial charge < -0.3 is 20.2 Å². The number of aromatic nitrogens is 1. The average molecular weight is 472 g/mol. The number of pyridine rings is 1. The van der Waals surface area contributed by atoms with E-state index in [-0.39, 0.29) is 44.4 Å². The van der Waals surface area contributed by atoms with Crippen molar-refractivity contribution in [3.8, 4) is 0 Å². The Morgan fingerprint density at radius 2 is 1.96 bits per heavy atom. The van der Waals surface area contributed by atoms with Crippen LogP contribution in [0.1, 0.15) is 24.3 Å². The second kappa shape index (κ2) is 15.4. The van der Waals surface area contributed by atoms with Crippen molar-refractivity contribution in [1.82, 2.24) is 9.88 Å². The number of esters is 1. The van der Waals surface area contributed by atoms with Crippen LogP contribution in [0.3, 0.4) is 0 Å². The van der Waals surface area contributed by atoms with Crippen molar-refractivity contribution >= 4 is 24.2 Å². The van der Waals surface area contributed by atoms with Gasteiger partial charge in [-0.1, -0.05) is 19.9 Å². The standard InChI is InChI=1S/C8H17NO2.C7H8N2O.C3H4NO.Pd/c1-6(2)7(9(3)4)8(10)11-5;1-8-6-2-3-7(5-10)9-4-6;5-2-3-1-4-3;/h6-7H,1-5H3;2-5,8H,1H3;2-3H,1H2;/q;;-1;. The fraction of sp³-hybridized carbons (Fsp3) is 0.556. The van der Waals surface area contributed by atoms with Crippen LogP contribution in [0.25, 0.3) is 5.32 Å². The van der Waals surface area contributed by atoms with E-state index in [1.54, 1.807) is 25.4 Å². The molecule has 0 saturated carbocycles. The molecule has 0 amide bonds. The van der Waals surface area contributed by atoms with E-state index in [2.05, 4.69) is 20.4 Å². The van der Waals surface area contributed by atoms with Gasteiger partial charge in [-0.15, -0.1) is 0 Å². The van der Waals surface area contributed by atoms with Gasteiger partial charge in [0.25, 0.3) is 0 Å². The first-order valence-corrected chi connectivity index (χ1v) is 8.25. The Morgan fingerprint density at radius 3 is 2.15 bits per heavy atom. The number of likely N-dealkylation sites (N-methyl/N-ethyl adjacent to an activating group) is 1. The summed E-state index contributed by atoms with van der Waals surface area (Å²) in [5.41, 5.74) is 1.37. The Balaban J connectivity index is 0. The molecule has 156 valence electrons. The third-order valence-corrected chi connectivity index (χ3v) is 3.38. The first kappa shape index (κ1) is 27.6.